The maximum atomic E-state index is 12.0. The summed E-state index contributed by atoms with van der Waals surface area (Å²) in [6.07, 6.45) is 1.47. The third-order valence-corrected chi connectivity index (χ3v) is 3.20. The lowest BCUT2D eigenvalue weighted by molar-refractivity contribution is -0.112. The number of nitrogens with zero attached hydrogens (tertiary/aromatic N) is 1. The van der Waals surface area contributed by atoms with E-state index in [1.54, 1.807) is 36.4 Å². The molecule has 0 spiro atoms. The molecule has 0 heterocycles. The number of aromatic hydroxyl groups is 1. The van der Waals surface area contributed by atoms with Gasteiger partial charge in [-0.15, -0.1) is 0 Å². The van der Waals surface area contributed by atoms with Crippen molar-refractivity contribution in [3.8, 4) is 11.8 Å². The van der Waals surface area contributed by atoms with Crippen molar-refractivity contribution >= 4 is 33.6 Å². The van der Waals surface area contributed by atoms with E-state index in [9.17, 15) is 9.90 Å². The summed E-state index contributed by atoms with van der Waals surface area (Å²) in [7, 11) is 0. The molecule has 2 N–H and O–H groups in total. The number of carbonyl (C=O) groups is 1. The van der Waals surface area contributed by atoms with Gasteiger partial charge in [-0.25, -0.2) is 0 Å². The van der Waals surface area contributed by atoms with Crippen LogP contribution in [0.4, 0.5) is 5.69 Å². The highest BCUT2D eigenvalue weighted by Gasteiger charge is 2.09. The molecular formula is C16H11BrN2O2. The second-order valence-electron chi connectivity index (χ2n) is 4.22. The molecule has 0 saturated carbocycles. The molecule has 0 aliphatic heterocycles. The number of rotatable bonds is 3. The van der Waals surface area contributed by atoms with Crippen molar-refractivity contribution in [3.05, 3.63) is 64.1 Å². The molecule has 4 nitrogen and oxygen atoms in total. The highest BCUT2D eigenvalue weighted by Crippen LogP contribution is 2.16. The fourth-order valence-corrected chi connectivity index (χ4v) is 1.88. The van der Waals surface area contributed by atoms with E-state index in [2.05, 4.69) is 21.2 Å². The minimum Gasteiger partial charge on any atom is -0.508 e. The van der Waals surface area contributed by atoms with Crippen molar-refractivity contribution in [2.75, 3.05) is 5.32 Å². The number of hydrogen-bond donors (Lipinski definition) is 2. The van der Waals surface area contributed by atoms with Crippen LogP contribution in [0, 0.1) is 11.3 Å². The van der Waals surface area contributed by atoms with Gasteiger partial charge in [-0.3, -0.25) is 4.79 Å². The van der Waals surface area contributed by atoms with Crippen LogP contribution in [0.25, 0.3) is 6.08 Å². The Morgan fingerprint density at radius 2 is 1.76 bits per heavy atom. The summed E-state index contributed by atoms with van der Waals surface area (Å²) in [6.45, 7) is 0. The number of anilines is 1. The Kier molecular flexibility index (Phi) is 4.75. The first kappa shape index (κ1) is 14.8. The first-order valence-corrected chi connectivity index (χ1v) is 6.85. The van der Waals surface area contributed by atoms with Gasteiger partial charge in [0.1, 0.15) is 17.4 Å². The topological polar surface area (TPSA) is 73.1 Å². The molecule has 2 rings (SSSR count). The van der Waals surface area contributed by atoms with Gasteiger partial charge in [-0.2, -0.15) is 5.26 Å². The molecule has 0 aromatic heterocycles. The smallest absolute Gasteiger partial charge is 0.266 e. The lowest BCUT2D eigenvalue weighted by atomic mass is 10.1. The number of benzene rings is 2. The van der Waals surface area contributed by atoms with Crippen molar-refractivity contribution in [2.24, 2.45) is 0 Å². The second kappa shape index (κ2) is 6.73. The van der Waals surface area contributed by atoms with Gasteiger partial charge < -0.3 is 10.4 Å². The van der Waals surface area contributed by atoms with Gasteiger partial charge in [0.05, 0.1) is 0 Å². The van der Waals surface area contributed by atoms with E-state index in [1.165, 1.54) is 18.2 Å². The van der Waals surface area contributed by atoms with Crippen LogP contribution in [0.5, 0.6) is 5.75 Å². The predicted molar refractivity (Wildman–Crippen MR) is 84.5 cm³/mol. The van der Waals surface area contributed by atoms with E-state index >= 15 is 0 Å². The molecule has 0 fully saturated rings. The van der Waals surface area contributed by atoms with Crippen LogP contribution in [-0.4, -0.2) is 11.0 Å². The van der Waals surface area contributed by atoms with Gasteiger partial charge in [0.2, 0.25) is 0 Å². The molecule has 0 radical (unpaired) electrons. The van der Waals surface area contributed by atoms with Crippen molar-refractivity contribution in [3.63, 3.8) is 0 Å². The van der Waals surface area contributed by atoms with Gasteiger partial charge in [-0.05, 0) is 48.0 Å². The summed E-state index contributed by atoms with van der Waals surface area (Å²) < 4.78 is 0.903. The number of hydrogen-bond acceptors (Lipinski definition) is 3. The van der Waals surface area contributed by atoms with Gasteiger partial charge in [0.15, 0.2) is 0 Å². The molecule has 0 unspecified atom stereocenters. The molecule has 0 aliphatic carbocycles. The van der Waals surface area contributed by atoms with E-state index in [-0.39, 0.29) is 11.3 Å². The number of nitriles is 1. The summed E-state index contributed by atoms with van der Waals surface area (Å²) in [5.74, 6) is -0.349. The number of amides is 1. The molecule has 2 aromatic carbocycles. The highest BCUT2D eigenvalue weighted by molar-refractivity contribution is 9.10. The fourth-order valence-electron chi connectivity index (χ4n) is 1.62. The van der Waals surface area contributed by atoms with Gasteiger partial charge >= 0.3 is 0 Å². The van der Waals surface area contributed by atoms with Crippen molar-refractivity contribution in [2.45, 2.75) is 0 Å². The third kappa shape index (κ3) is 4.20. The van der Waals surface area contributed by atoms with E-state index in [0.29, 0.717) is 11.3 Å². The standard InChI is InChI=1S/C16H11BrN2O2/c17-13-3-5-14(6-4-13)19-16(21)12(10-18)9-11-1-7-15(20)8-2-11/h1-9,20H,(H,19,21)/b12-9+. The average molecular weight is 343 g/mol. The minimum absolute atomic E-state index is 0.0105. The highest BCUT2D eigenvalue weighted by atomic mass is 79.9. The molecule has 1 amide bonds. The summed E-state index contributed by atoms with van der Waals surface area (Å²) in [5, 5.41) is 21.0. The SMILES string of the molecule is N#C/C(=C\c1ccc(O)cc1)C(=O)Nc1ccc(Br)cc1. The molecule has 2 aromatic rings. The molecule has 0 saturated heterocycles. The van der Waals surface area contributed by atoms with E-state index in [1.807, 2.05) is 6.07 Å². The molecule has 5 heteroatoms. The molecule has 0 bridgehead atoms. The summed E-state index contributed by atoms with van der Waals surface area (Å²) >= 11 is 3.31. The number of carbonyl (C=O) groups excluding carboxylic acids is 1. The zero-order valence-electron chi connectivity index (χ0n) is 10.9. The number of phenolic OH excluding ortho intramolecular Hbond substituents is 1. The number of phenols is 1. The lowest BCUT2D eigenvalue weighted by Gasteiger charge is -2.04. The predicted octanol–water partition coefficient (Wildman–Crippen LogP) is 3.70. The molecule has 0 aliphatic rings. The maximum absolute atomic E-state index is 12.0. The Hall–Kier alpha value is -2.58. The number of halogens is 1. The summed E-state index contributed by atoms with van der Waals surface area (Å²) in [4.78, 5) is 12.0. The largest absolute Gasteiger partial charge is 0.508 e. The maximum Gasteiger partial charge on any atom is 0.266 e. The van der Waals surface area contributed by atoms with Crippen LogP contribution >= 0.6 is 15.9 Å². The monoisotopic (exact) mass is 342 g/mol. The minimum atomic E-state index is -0.479. The van der Waals surface area contributed by atoms with Crippen LogP contribution in [0.15, 0.2) is 58.6 Å². The first-order valence-electron chi connectivity index (χ1n) is 6.06. The van der Waals surface area contributed by atoms with Crippen LogP contribution < -0.4 is 5.32 Å². The molecule has 104 valence electrons. The van der Waals surface area contributed by atoms with E-state index in [0.717, 1.165) is 4.47 Å². The van der Waals surface area contributed by atoms with Crippen LogP contribution in [0.1, 0.15) is 5.56 Å². The molecule has 21 heavy (non-hydrogen) atoms. The molecule has 0 atom stereocenters. The zero-order valence-corrected chi connectivity index (χ0v) is 12.5. The quantitative estimate of drug-likeness (QED) is 0.659. The summed E-state index contributed by atoms with van der Waals surface area (Å²) in [5.41, 5.74) is 1.26. The van der Waals surface area contributed by atoms with Crippen molar-refractivity contribution in [1.82, 2.24) is 0 Å². The van der Waals surface area contributed by atoms with Gasteiger partial charge in [0.25, 0.3) is 5.91 Å². The van der Waals surface area contributed by atoms with E-state index < -0.39 is 5.91 Å². The Labute approximate surface area is 130 Å². The Morgan fingerprint density at radius 1 is 1.14 bits per heavy atom. The van der Waals surface area contributed by atoms with Crippen molar-refractivity contribution in [1.29, 1.82) is 5.26 Å². The van der Waals surface area contributed by atoms with Crippen LogP contribution in [0.3, 0.4) is 0 Å². The van der Waals surface area contributed by atoms with Gasteiger partial charge in [0, 0.05) is 10.2 Å². The third-order valence-electron chi connectivity index (χ3n) is 2.67. The Morgan fingerprint density at radius 3 is 2.33 bits per heavy atom. The first-order chi connectivity index (χ1) is 10.1. The van der Waals surface area contributed by atoms with Crippen LogP contribution in [-0.2, 0) is 4.79 Å². The summed E-state index contributed by atoms with van der Waals surface area (Å²) in [6, 6.07) is 15.2. The van der Waals surface area contributed by atoms with Crippen LogP contribution in [0.2, 0.25) is 0 Å². The Bertz CT molecular complexity index is 713. The normalized spacial score (nSPS) is 10.8. The molecular weight excluding hydrogens is 332 g/mol. The average Bonchev–Trinajstić information content (AvgIpc) is 2.49. The Balaban J connectivity index is 2.17. The zero-order chi connectivity index (χ0) is 15.2. The van der Waals surface area contributed by atoms with E-state index in [4.69, 9.17) is 5.26 Å². The van der Waals surface area contributed by atoms with Gasteiger partial charge in [-0.1, -0.05) is 28.1 Å². The fraction of sp³-hybridized carbons (Fsp3) is 0. The number of nitrogens with one attached hydrogen (secondary N) is 1. The van der Waals surface area contributed by atoms with Crippen molar-refractivity contribution < 1.29 is 9.90 Å². The lowest BCUT2D eigenvalue weighted by Crippen LogP contribution is -2.13. The second-order valence-corrected chi connectivity index (χ2v) is 5.14.